The molecule has 0 saturated heterocycles. The van der Waals surface area contributed by atoms with Crippen LogP contribution in [-0.2, 0) is 26.2 Å². The van der Waals surface area contributed by atoms with Crippen LogP contribution in [0, 0.1) is 6.92 Å². The summed E-state index contributed by atoms with van der Waals surface area (Å²) in [6, 6.07) is 18.8. The number of amides is 2. The Balaban J connectivity index is 2.05. The average Bonchev–Trinajstić information content (AvgIpc) is 2.87. The lowest BCUT2D eigenvalue weighted by Crippen LogP contribution is -2.52. The fraction of sp³-hybridized carbons (Fsp3) is 0.286. The molecule has 0 saturated carbocycles. The summed E-state index contributed by atoms with van der Waals surface area (Å²) in [5.74, 6) is -0.892. The molecule has 1 N–H and O–H groups in total. The van der Waals surface area contributed by atoms with Crippen molar-refractivity contribution in [3.8, 4) is 0 Å². The number of aryl methyl sites for hydroxylation is 1. The van der Waals surface area contributed by atoms with Crippen LogP contribution < -0.4 is 9.62 Å². The lowest BCUT2D eigenvalue weighted by atomic mass is 10.1. The second-order valence-corrected chi connectivity index (χ2v) is 11.9. The molecule has 3 aromatic rings. The van der Waals surface area contributed by atoms with Gasteiger partial charge < -0.3 is 10.2 Å². The molecule has 0 fully saturated rings. The van der Waals surface area contributed by atoms with Gasteiger partial charge in [0.15, 0.2) is 0 Å². The Labute approximate surface area is 234 Å². The van der Waals surface area contributed by atoms with Gasteiger partial charge in [-0.2, -0.15) is 0 Å². The van der Waals surface area contributed by atoms with Crippen molar-refractivity contribution in [1.29, 1.82) is 0 Å². The molecule has 3 aromatic carbocycles. The second kappa shape index (κ2) is 12.7. The van der Waals surface area contributed by atoms with Gasteiger partial charge in [0.05, 0.1) is 20.6 Å². The predicted molar refractivity (Wildman–Crippen MR) is 152 cm³/mol. The van der Waals surface area contributed by atoms with Gasteiger partial charge in [-0.1, -0.05) is 71.2 Å². The number of anilines is 1. The standard InChI is InChI=1S/C28H31Cl2N3O4S/c1-19(2)31-28(35)21(4)32(17-22-10-8-9-20(3)15-22)27(34)18-33(23-13-14-25(29)26(30)16-23)38(36,37)24-11-6-5-7-12-24/h5-16,19,21H,17-18H2,1-4H3,(H,31,35). The largest absolute Gasteiger partial charge is 0.352 e. The van der Waals surface area contributed by atoms with E-state index in [9.17, 15) is 18.0 Å². The van der Waals surface area contributed by atoms with Crippen LogP contribution in [0.5, 0.6) is 0 Å². The maximum Gasteiger partial charge on any atom is 0.264 e. The molecule has 0 spiro atoms. The first-order valence-electron chi connectivity index (χ1n) is 12.1. The molecule has 1 unspecified atom stereocenters. The van der Waals surface area contributed by atoms with Gasteiger partial charge in [0, 0.05) is 12.6 Å². The second-order valence-electron chi connectivity index (χ2n) is 9.27. The van der Waals surface area contributed by atoms with Crippen molar-refractivity contribution in [2.45, 2.75) is 51.2 Å². The minimum atomic E-state index is -4.17. The number of nitrogens with zero attached hydrogens (tertiary/aromatic N) is 2. The molecule has 2 amide bonds. The molecule has 0 aliphatic heterocycles. The van der Waals surface area contributed by atoms with Crippen molar-refractivity contribution < 1.29 is 18.0 Å². The van der Waals surface area contributed by atoms with E-state index in [0.29, 0.717) is 0 Å². The SMILES string of the molecule is Cc1cccc(CN(C(=O)CN(c2ccc(Cl)c(Cl)c2)S(=O)(=O)c2ccccc2)C(C)C(=O)NC(C)C)c1. The molecule has 0 aromatic heterocycles. The zero-order valence-corrected chi connectivity index (χ0v) is 24.0. The number of sulfonamides is 1. The highest BCUT2D eigenvalue weighted by atomic mass is 35.5. The Kier molecular flexibility index (Phi) is 9.82. The highest BCUT2D eigenvalue weighted by Crippen LogP contribution is 2.31. The van der Waals surface area contributed by atoms with Crippen LogP contribution >= 0.6 is 23.2 Å². The maximum atomic E-state index is 13.9. The summed E-state index contributed by atoms with van der Waals surface area (Å²) in [7, 11) is -4.17. The first-order chi connectivity index (χ1) is 17.9. The first-order valence-corrected chi connectivity index (χ1v) is 14.3. The Hall–Kier alpha value is -3.07. The minimum absolute atomic E-state index is 0.00899. The molecule has 0 aliphatic carbocycles. The van der Waals surface area contributed by atoms with E-state index in [4.69, 9.17) is 23.2 Å². The Morgan fingerprint density at radius 1 is 0.895 bits per heavy atom. The average molecular weight is 577 g/mol. The molecule has 10 heteroatoms. The molecule has 0 radical (unpaired) electrons. The van der Waals surface area contributed by atoms with E-state index in [-0.39, 0.29) is 39.1 Å². The Morgan fingerprint density at radius 3 is 2.18 bits per heavy atom. The summed E-state index contributed by atoms with van der Waals surface area (Å²) < 4.78 is 28.5. The summed E-state index contributed by atoms with van der Waals surface area (Å²) in [6.07, 6.45) is 0. The molecule has 1 atom stereocenters. The molecule has 0 bridgehead atoms. The zero-order chi connectivity index (χ0) is 28.0. The highest BCUT2D eigenvalue weighted by molar-refractivity contribution is 7.92. The quantitative estimate of drug-likeness (QED) is 0.348. The summed E-state index contributed by atoms with van der Waals surface area (Å²) in [4.78, 5) is 28.2. The maximum absolute atomic E-state index is 13.9. The third-order valence-electron chi connectivity index (χ3n) is 5.83. The third kappa shape index (κ3) is 7.28. The number of nitrogens with one attached hydrogen (secondary N) is 1. The van der Waals surface area contributed by atoms with E-state index >= 15 is 0 Å². The van der Waals surface area contributed by atoms with Gasteiger partial charge in [0.25, 0.3) is 10.0 Å². The first kappa shape index (κ1) is 29.5. The van der Waals surface area contributed by atoms with E-state index < -0.39 is 28.5 Å². The highest BCUT2D eigenvalue weighted by Gasteiger charge is 2.32. The summed E-state index contributed by atoms with van der Waals surface area (Å²) in [5, 5.41) is 3.23. The van der Waals surface area contributed by atoms with E-state index in [2.05, 4.69) is 5.32 Å². The Morgan fingerprint density at radius 2 is 1.58 bits per heavy atom. The fourth-order valence-electron chi connectivity index (χ4n) is 3.88. The normalized spacial score (nSPS) is 12.2. The molecule has 38 heavy (non-hydrogen) atoms. The van der Waals surface area contributed by atoms with Gasteiger partial charge in [-0.3, -0.25) is 13.9 Å². The van der Waals surface area contributed by atoms with Crippen LogP contribution in [0.2, 0.25) is 10.0 Å². The zero-order valence-electron chi connectivity index (χ0n) is 21.7. The summed E-state index contributed by atoms with van der Waals surface area (Å²) in [6.45, 7) is 6.78. The molecule has 202 valence electrons. The van der Waals surface area contributed by atoms with Gasteiger partial charge in [-0.05, 0) is 63.6 Å². The van der Waals surface area contributed by atoms with Gasteiger partial charge in [-0.15, -0.1) is 0 Å². The number of carbonyl (C=O) groups excluding carboxylic acids is 2. The van der Waals surface area contributed by atoms with Gasteiger partial charge >= 0.3 is 0 Å². The van der Waals surface area contributed by atoms with Crippen molar-refractivity contribution >= 4 is 50.7 Å². The number of benzene rings is 3. The predicted octanol–water partition coefficient (Wildman–Crippen LogP) is 5.44. The summed E-state index contributed by atoms with van der Waals surface area (Å²) >= 11 is 12.3. The van der Waals surface area contributed by atoms with Gasteiger partial charge in [0.1, 0.15) is 12.6 Å². The lowest BCUT2D eigenvalue weighted by molar-refractivity contribution is -0.139. The van der Waals surface area contributed by atoms with Crippen molar-refractivity contribution in [3.05, 3.63) is 94.0 Å². The van der Waals surface area contributed by atoms with Crippen molar-refractivity contribution in [2.75, 3.05) is 10.8 Å². The number of halogens is 2. The van der Waals surface area contributed by atoms with E-state index in [1.807, 2.05) is 45.0 Å². The molecular formula is C28H31Cl2N3O4S. The van der Waals surface area contributed by atoms with Crippen LogP contribution in [0.4, 0.5) is 5.69 Å². The van der Waals surface area contributed by atoms with Crippen molar-refractivity contribution in [2.24, 2.45) is 0 Å². The number of rotatable bonds is 10. The lowest BCUT2D eigenvalue weighted by Gasteiger charge is -2.32. The van der Waals surface area contributed by atoms with Crippen molar-refractivity contribution in [1.82, 2.24) is 10.2 Å². The molecule has 0 heterocycles. The minimum Gasteiger partial charge on any atom is -0.352 e. The number of hydrogen-bond acceptors (Lipinski definition) is 4. The molecule has 7 nitrogen and oxygen atoms in total. The van der Waals surface area contributed by atoms with Crippen LogP contribution in [0.15, 0.2) is 77.7 Å². The fourth-order valence-corrected chi connectivity index (χ4v) is 5.60. The molecule has 3 rings (SSSR count). The third-order valence-corrected chi connectivity index (χ3v) is 8.36. The summed E-state index contributed by atoms with van der Waals surface area (Å²) in [5.41, 5.74) is 1.99. The van der Waals surface area contributed by atoms with Gasteiger partial charge in [0.2, 0.25) is 11.8 Å². The van der Waals surface area contributed by atoms with Crippen LogP contribution in [0.25, 0.3) is 0 Å². The van der Waals surface area contributed by atoms with Crippen molar-refractivity contribution in [3.63, 3.8) is 0 Å². The smallest absolute Gasteiger partial charge is 0.264 e. The van der Waals surface area contributed by atoms with Crippen LogP contribution in [-0.4, -0.2) is 43.8 Å². The van der Waals surface area contributed by atoms with E-state index in [1.54, 1.807) is 25.1 Å². The monoisotopic (exact) mass is 575 g/mol. The van der Waals surface area contributed by atoms with E-state index in [0.717, 1.165) is 15.4 Å². The van der Waals surface area contributed by atoms with Crippen LogP contribution in [0.3, 0.4) is 0 Å². The number of carbonyl (C=O) groups is 2. The molecule has 0 aliphatic rings. The van der Waals surface area contributed by atoms with E-state index in [1.165, 1.54) is 35.2 Å². The Bertz CT molecular complexity index is 1400. The topological polar surface area (TPSA) is 86.8 Å². The van der Waals surface area contributed by atoms with Crippen LogP contribution in [0.1, 0.15) is 31.9 Å². The molecular weight excluding hydrogens is 545 g/mol. The number of hydrogen-bond donors (Lipinski definition) is 1. The van der Waals surface area contributed by atoms with Gasteiger partial charge in [-0.25, -0.2) is 8.42 Å².